The molecule has 0 radical (unpaired) electrons. The fourth-order valence-corrected chi connectivity index (χ4v) is 1.87. The summed E-state index contributed by atoms with van der Waals surface area (Å²) in [6, 6.07) is 7.39. The molecule has 19 heavy (non-hydrogen) atoms. The molecule has 0 heterocycles. The van der Waals surface area contributed by atoms with Gasteiger partial charge in [0.2, 0.25) is 0 Å². The maximum atomic E-state index is 11.6. The number of nitrogens with one attached hydrogen (secondary N) is 1. The smallest absolute Gasteiger partial charge is 0.251 e. The van der Waals surface area contributed by atoms with Crippen LogP contribution in [0.5, 0.6) is 0 Å². The van der Waals surface area contributed by atoms with Gasteiger partial charge in [-0.25, -0.2) is 0 Å². The van der Waals surface area contributed by atoms with Gasteiger partial charge >= 0.3 is 0 Å². The standard InChI is InChI=1S/C14H20N4O/c1-4-18(9-10(2)8-15)13-7-11(14(19)17-3)5-6-12(13)16/h5-7,10H,4,9,16H2,1-3H3,(H,17,19). The van der Waals surface area contributed by atoms with Gasteiger partial charge < -0.3 is 16.0 Å². The molecule has 0 aliphatic carbocycles. The van der Waals surface area contributed by atoms with E-state index in [-0.39, 0.29) is 11.8 Å². The molecular formula is C14H20N4O. The van der Waals surface area contributed by atoms with E-state index in [0.717, 1.165) is 12.2 Å². The maximum Gasteiger partial charge on any atom is 0.251 e. The maximum absolute atomic E-state index is 11.6. The number of hydrogen-bond acceptors (Lipinski definition) is 4. The van der Waals surface area contributed by atoms with Crippen molar-refractivity contribution in [1.29, 1.82) is 5.26 Å². The highest BCUT2D eigenvalue weighted by molar-refractivity contribution is 5.96. The minimum absolute atomic E-state index is 0.0944. The van der Waals surface area contributed by atoms with E-state index in [9.17, 15) is 4.79 Å². The van der Waals surface area contributed by atoms with Crippen LogP contribution in [0.15, 0.2) is 18.2 Å². The van der Waals surface area contributed by atoms with Gasteiger partial charge in [-0.15, -0.1) is 0 Å². The molecule has 1 rings (SSSR count). The molecule has 3 N–H and O–H groups in total. The number of rotatable bonds is 5. The fraction of sp³-hybridized carbons (Fsp3) is 0.429. The van der Waals surface area contributed by atoms with Crippen molar-refractivity contribution < 1.29 is 4.79 Å². The summed E-state index contributed by atoms with van der Waals surface area (Å²) in [5, 5.41) is 11.5. The number of nitrogen functional groups attached to an aromatic ring is 1. The van der Waals surface area contributed by atoms with Crippen LogP contribution in [0.2, 0.25) is 0 Å². The number of nitrogens with zero attached hydrogens (tertiary/aromatic N) is 2. The van der Waals surface area contributed by atoms with E-state index in [0.29, 0.717) is 17.8 Å². The zero-order valence-electron chi connectivity index (χ0n) is 11.6. The third-order valence-corrected chi connectivity index (χ3v) is 2.96. The predicted molar refractivity (Wildman–Crippen MR) is 76.9 cm³/mol. The van der Waals surface area contributed by atoms with E-state index in [4.69, 9.17) is 11.0 Å². The number of hydrogen-bond donors (Lipinski definition) is 2. The molecule has 1 atom stereocenters. The molecule has 1 aromatic rings. The number of nitriles is 1. The lowest BCUT2D eigenvalue weighted by atomic mass is 10.1. The Balaban J connectivity index is 3.09. The molecule has 5 nitrogen and oxygen atoms in total. The topological polar surface area (TPSA) is 82.2 Å². The van der Waals surface area contributed by atoms with Crippen LogP contribution in [0.1, 0.15) is 24.2 Å². The van der Waals surface area contributed by atoms with Crippen LogP contribution in [0, 0.1) is 17.2 Å². The Bertz CT molecular complexity index is 493. The monoisotopic (exact) mass is 260 g/mol. The molecule has 0 saturated heterocycles. The highest BCUT2D eigenvalue weighted by Crippen LogP contribution is 2.25. The van der Waals surface area contributed by atoms with Gasteiger partial charge in [-0.1, -0.05) is 0 Å². The Morgan fingerprint density at radius 1 is 1.58 bits per heavy atom. The lowest BCUT2D eigenvalue weighted by molar-refractivity contribution is 0.0963. The van der Waals surface area contributed by atoms with Crippen LogP contribution in [-0.2, 0) is 0 Å². The SMILES string of the molecule is CCN(CC(C)C#N)c1cc(C(=O)NC)ccc1N. The molecule has 0 aromatic heterocycles. The van der Waals surface area contributed by atoms with Crippen molar-refractivity contribution in [3.63, 3.8) is 0 Å². The average molecular weight is 260 g/mol. The Kier molecular flexibility index (Phi) is 5.19. The van der Waals surface area contributed by atoms with Crippen molar-refractivity contribution in [2.24, 2.45) is 5.92 Å². The summed E-state index contributed by atoms with van der Waals surface area (Å²) >= 11 is 0. The summed E-state index contributed by atoms with van der Waals surface area (Å²) in [6.45, 7) is 5.18. The number of anilines is 2. The van der Waals surface area contributed by atoms with E-state index >= 15 is 0 Å². The van der Waals surface area contributed by atoms with Crippen LogP contribution in [0.3, 0.4) is 0 Å². The summed E-state index contributed by atoms with van der Waals surface area (Å²) in [5.41, 5.74) is 7.94. The van der Waals surface area contributed by atoms with E-state index in [1.165, 1.54) is 0 Å². The predicted octanol–water partition coefficient (Wildman–Crippen LogP) is 1.61. The Hall–Kier alpha value is -2.22. The summed E-state index contributed by atoms with van der Waals surface area (Å²) in [7, 11) is 1.59. The first-order valence-electron chi connectivity index (χ1n) is 6.29. The summed E-state index contributed by atoms with van der Waals surface area (Å²) in [6.07, 6.45) is 0. The van der Waals surface area contributed by atoms with Gasteiger partial charge in [0.15, 0.2) is 0 Å². The number of benzene rings is 1. The molecular weight excluding hydrogens is 240 g/mol. The second-order valence-electron chi connectivity index (χ2n) is 4.42. The molecule has 0 spiro atoms. The Morgan fingerprint density at radius 3 is 2.79 bits per heavy atom. The summed E-state index contributed by atoms with van der Waals surface area (Å²) in [5.74, 6) is -0.242. The number of amides is 1. The minimum Gasteiger partial charge on any atom is -0.397 e. The zero-order chi connectivity index (χ0) is 14.4. The van der Waals surface area contributed by atoms with Gasteiger partial charge in [-0.2, -0.15) is 5.26 Å². The van der Waals surface area contributed by atoms with Gasteiger partial charge in [0, 0.05) is 25.7 Å². The van der Waals surface area contributed by atoms with Crippen LogP contribution in [0.25, 0.3) is 0 Å². The van der Waals surface area contributed by atoms with Crippen molar-refractivity contribution in [2.75, 3.05) is 30.8 Å². The second kappa shape index (κ2) is 6.64. The molecule has 1 unspecified atom stereocenters. The summed E-state index contributed by atoms with van der Waals surface area (Å²) < 4.78 is 0. The Morgan fingerprint density at radius 2 is 2.26 bits per heavy atom. The number of nitrogens with two attached hydrogens (primary N) is 1. The third-order valence-electron chi connectivity index (χ3n) is 2.96. The van der Waals surface area contributed by atoms with E-state index in [1.54, 1.807) is 25.2 Å². The Labute approximate surface area is 114 Å². The van der Waals surface area contributed by atoms with Gasteiger partial charge in [0.05, 0.1) is 23.4 Å². The highest BCUT2D eigenvalue weighted by atomic mass is 16.1. The van der Waals surface area contributed by atoms with Crippen LogP contribution >= 0.6 is 0 Å². The number of carbonyl (C=O) groups is 1. The zero-order valence-corrected chi connectivity index (χ0v) is 11.6. The van der Waals surface area contributed by atoms with Crippen molar-refractivity contribution in [2.45, 2.75) is 13.8 Å². The van der Waals surface area contributed by atoms with Crippen molar-refractivity contribution in [1.82, 2.24) is 5.32 Å². The van der Waals surface area contributed by atoms with Crippen molar-refractivity contribution in [3.05, 3.63) is 23.8 Å². The normalized spacial score (nSPS) is 11.5. The van der Waals surface area contributed by atoms with Crippen LogP contribution < -0.4 is 16.0 Å². The van der Waals surface area contributed by atoms with Crippen molar-refractivity contribution in [3.8, 4) is 6.07 Å². The number of carbonyl (C=O) groups excluding carboxylic acids is 1. The van der Waals surface area contributed by atoms with Crippen LogP contribution in [0.4, 0.5) is 11.4 Å². The fourth-order valence-electron chi connectivity index (χ4n) is 1.87. The van der Waals surface area contributed by atoms with Crippen LogP contribution in [-0.4, -0.2) is 26.0 Å². The molecule has 0 fully saturated rings. The van der Waals surface area contributed by atoms with Crippen molar-refractivity contribution >= 4 is 17.3 Å². The van der Waals surface area contributed by atoms with E-state index < -0.39 is 0 Å². The molecule has 5 heteroatoms. The first kappa shape index (κ1) is 14.8. The second-order valence-corrected chi connectivity index (χ2v) is 4.42. The quantitative estimate of drug-likeness (QED) is 0.788. The summed E-state index contributed by atoms with van der Waals surface area (Å²) in [4.78, 5) is 13.7. The van der Waals surface area contributed by atoms with E-state index in [1.807, 2.05) is 18.7 Å². The molecule has 0 aliphatic heterocycles. The lowest BCUT2D eigenvalue weighted by Crippen LogP contribution is -2.29. The van der Waals surface area contributed by atoms with Gasteiger partial charge in [0.1, 0.15) is 0 Å². The minimum atomic E-state index is -0.148. The van der Waals surface area contributed by atoms with Gasteiger partial charge in [-0.05, 0) is 32.0 Å². The molecule has 0 saturated carbocycles. The molecule has 102 valence electrons. The highest BCUT2D eigenvalue weighted by Gasteiger charge is 2.14. The first-order valence-corrected chi connectivity index (χ1v) is 6.29. The molecule has 0 aliphatic rings. The lowest BCUT2D eigenvalue weighted by Gasteiger charge is -2.26. The molecule has 0 bridgehead atoms. The van der Waals surface area contributed by atoms with Gasteiger partial charge in [-0.3, -0.25) is 4.79 Å². The average Bonchev–Trinajstić information content (AvgIpc) is 2.44. The molecule has 1 aromatic carbocycles. The molecule has 1 amide bonds. The largest absolute Gasteiger partial charge is 0.397 e. The van der Waals surface area contributed by atoms with Gasteiger partial charge in [0.25, 0.3) is 5.91 Å². The van der Waals surface area contributed by atoms with E-state index in [2.05, 4.69) is 11.4 Å². The first-order chi connectivity index (χ1) is 9.03. The third kappa shape index (κ3) is 3.62.